The first kappa shape index (κ1) is 16.0. The maximum atomic E-state index is 12.8. The summed E-state index contributed by atoms with van der Waals surface area (Å²) in [6, 6.07) is 8.69. The van der Waals surface area contributed by atoms with Crippen LogP contribution in [-0.4, -0.2) is 34.5 Å². The van der Waals surface area contributed by atoms with Gasteiger partial charge in [-0.3, -0.25) is 9.59 Å². The van der Waals surface area contributed by atoms with Crippen LogP contribution in [0.1, 0.15) is 56.1 Å². The van der Waals surface area contributed by atoms with E-state index in [1.807, 2.05) is 11.0 Å². The van der Waals surface area contributed by atoms with Crippen LogP contribution in [0.25, 0.3) is 0 Å². The van der Waals surface area contributed by atoms with Gasteiger partial charge in [0.15, 0.2) is 0 Å². The molecule has 2 aliphatic rings. The van der Waals surface area contributed by atoms with Crippen LogP contribution in [0.4, 0.5) is 0 Å². The Kier molecular flexibility index (Phi) is 4.69. The summed E-state index contributed by atoms with van der Waals surface area (Å²) < 4.78 is 0. The molecule has 2 aliphatic carbocycles. The topological polar surface area (TPSA) is 57.6 Å². The van der Waals surface area contributed by atoms with Crippen LogP contribution >= 0.6 is 0 Å². The molecule has 0 saturated heterocycles. The van der Waals surface area contributed by atoms with Gasteiger partial charge in [0.25, 0.3) is 0 Å². The average Bonchev–Trinajstić information content (AvgIpc) is 3.37. The first-order valence-corrected chi connectivity index (χ1v) is 8.66. The van der Waals surface area contributed by atoms with Gasteiger partial charge in [0.1, 0.15) is 0 Å². The summed E-state index contributed by atoms with van der Waals surface area (Å²) in [6.45, 7) is 2.02. The molecule has 4 nitrogen and oxygen atoms in total. The molecule has 1 aromatic rings. The normalized spacial score (nSPS) is 21.3. The minimum atomic E-state index is -0.827. The van der Waals surface area contributed by atoms with Crippen molar-refractivity contribution in [2.75, 3.05) is 6.54 Å². The van der Waals surface area contributed by atoms with Gasteiger partial charge in [-0.1, -0.05) is 31.2 Å². The molecule has 0 spiro atoms. The molecule has 1 amide bonds. The van der Waals surface area contributed by atoms with Crippen molar-refractivity contribution in [1.29, 1.82) is 0 Å². The van der Waals surface area contributed by atoms with E-state index in [9.17, 15) is 9.59 Å². The minimum absolute atomic E-state index is 0.127. The fourth-order valence-electron chi connectivity index (χ4n) is 3.61. The number of hydrogen-bond donors (Lipinski definition) is 1. The summed E-state index contributed by atoms with van der Waals surface area (Å²) in [5.41, 5.74) is 2.68. The molecule has 23 heavy (non-hydrogen) atoms. The van der Waals surface area contributed by atoms with Gasteiger partial charge in [-0.2, -0.15) is 0 Å². The number of carboxylic acids is 1. The predicted octanol–water partition coefficient (Wildman–Crippen LogP) is 3.21. The Labute approximate surface area is 137 Å². The second kappa shape index (κ2) is 6.73. The highest BCUT2D eigenvalue weighted by atomic mass is 16.4. The molecule has 1 aromatic carbocycles. The number of benzene rings is 1. The molecule has 1 fully saturated rings. The van der Waals surface area contributed by atoms with Gasteiger partial charge in [0.05, 0.1) is 5.92 Å². The molecule has 0 radical (unpaired) electrons. The van der Waals surface area contributed by atoms with Crippen LogP contribution in [0.5, 0.6) is 0 Å². The number of rotatable bonds is 6. The first-order valence-electron chi connectivity index (χ1n) is 8.66. The third-order valence-corrected chi connectivity index (χ3v) is 5.11. The van der Waals surface area contributed by atoms with Crippen LogP contribution in [0.3, 0.4) is 0 Å². The van der Waals surface area contributed by atoms with Crippen LogP contribution in [0.15, 0.2) is 24.3 Å². The fraction of sp³-hybridized carbons (Fsp3) is 0.579. The summed E-state index contributed by atoms with van der Waals surface area (Å²) in [6.07, 6.45) is 5.82. The number of carbonyl (C=O) groups excluding carboxylic acids is 1. The molecule has 2 unspecified atom stereocenters. The Hall–Kier alpha value is -1.84. The predicted molar refractivity (Wildman–Crippen MR) is 88.3 cm³/mol. The molecular formula is C19H25NO3. The van der Waals surface area contributed by atoms with E-state index in [1.165, 1.54) is 11.1 Å². The van der Waals surface area contributed by atoms with E-state index < -0.39 is 11.9 Å². The zero-order chi connectivity index (χ0) is 16.4. The highest BCUT2D eigenvalue weighted by Crippen LogP contribution is 2.36. The molecular weight excluding hydrogens is 290 g/mol. The van der Waals surface area contributed by atoms with Crippen LogP contribution in [0.2, 0.25) is 0 Å². The molecule has 1 saturated carbocycles. The van der Waals surface area contributed by atoms with Gasteiger partial charge >= 0.3 is 5.97 Å². The van der Waals surface area contributed by atoms with Crippen molar-refractivity contribution in [3.05, 3.63) is 35.4 Å². The maximum absolute atomic E-state index is 12.8. The summed E-state index contributed by atoms with van der Waals surface area (Å²) in [7, 11) is 0. The van der Waals surface area contributed by atoms with Crippen LogP contribution in [0, 0.1) is 5.92 Å². The zero-order valence-corrected chi connectivity index (χ0v) is 13.7. The van der Waals surface area contributed by atoms with Gasteiger partial charge in [0.2, 0.25) is 5.91 Å². The molecule has 0 aliphatic heterocycles. The molecule has 2 atom stereocenters. The number of nitrogens with zero attached hydrogens (tertiary/aromatic N) is 1. The summed E-state index contributed by atoms with van der Waals surface area (Å²) in [5, 5.41) is 9.13. The average molecular weight is 315 g/mol. The van der Waals surface area contributed by atoms with Crippen molar-refractivity contribution >= 4 is 11.9 Å². The second-order valence-corrected chi connectivity index (χ2v) is 7.01. The number of aryl methyl sites for hydroxylation is 1. The highest BCUT2D eigenvalue weighted by Gasteiger charge is 2.35. The van der Waals surface area contributed by atoms with Crippen molar-refractivity contribution in [3.8, 4) is 0 Å². The van der Waals surface area contributed by atoms with E-state index in [4.69, 9.17) is 5.11 Å². The van der Waals surface area contributed by atoms with Crippen LogP contribution < -0.4 is 0 Å². The molecule has 3 rings (SSSR count). The summed E-state index contributed by atoms with van der Waals surface area (Å²) >= 11 is 0. The van der Waals surface area contributed by atoms with Crippen molar-refractivity contribution in [2.45, 2.75) is 57.4 Å². The van der Waals surface area contributed by atoms with Gasteiger partial charge in [-0.05, 0) is 49.1 Å². The Morgan fingerprint density at radius 1 is 1.26 bits per heavy atom. The lowest BCUT2D eigenvalue weighted by molar-refractivity contribution is -0.143. The first-order chi connectivity index (χ1) is 11.1. The third-order valence-electron chi connectivity index (χ3n) is 5.11. The third kappa shape index (κ3) is 3.74. The smallest absolute Gasteiger partial charge is 0.308 e. The summed E-state index contributed by atoms with van der Waals surface area (Å²) in [4.78, 5) is 25.7. The lowest BCUT2D eigenvalue weighted by Gasteiger charge is -2.29. The molecule has 0 aromatic heterocycles. The molecule has 124 valence electrons. The Morgan fingerprint density at radius 2 is 2.00 bits per heavy atom. The number of fused-ring (bicyclic) bond motifs is 1. The molecule has 0 bridgehead atoms. The van der Waals surface area contributed by atoms with E-state index in [2.05, 4.69) is 18.2 Å². The largest absolute Gasteiger partial charge is 0.481 e. The van der Waals surface area contributed by atoms with Crippen molar-refractivity contribution in [3.63, 3.8) is 0 Å². The molecule has 1 N–H and O–H groups in total. The molecule has 0 heterocycles. The van der Waals surface area contributed by atoms with Gasteiger partial charge in [0, 0.05) is 19.0 Å². The quantitative estimate of drug-likeness (QED) is 0.877. The highest BCUT2D eigenvalue weighted by molar-refractivity contribution is 5.79. The SMILES string of the molecule is CC(CN(C(=O)CC1CCCc2ccccc21)C1CC1)C(=O)O. The second-order valence-electron chi connectivity index (χ2n) is 7.01. The van der Waals surface area contributed by atoms with Crippen molar-refractivity contribution in [1.82, 2.24) is 4.90 Å². The molecule has 4 heteroatoms. The fourth-order valence-corrected chi connectivity index (χ4v) is 3.61. The lowest BCUT2D eigenvalue weighted by Crippen LogP contribution is -2.39. The minimum Gasteiger partial charge on any atom is -0.481 e. The number of amides is 1. The number of carbonyl (C=O) groups is 2. The van der Waals surface area contributed by atoms with E-state index >= 15 is 0 Å². The maximum Gasteiger partial charge on any atom is 0.308 e. The number of hydrogen-bond acceptors (Lipinski definition) is 2. The summed E-state index contributed by atoms with van der Waals surface area (Å²) in [5.74, 6) is -0.916. The number of aliphatic carboxylic acids is 1. The monoisotopic (exact) mass is 315 g/mol. The lowest BCUT2D eigenvalue weighted by atomic mass is 9.81. The van der Waals surface area contributed by atoms with Gasteiger partial charge < -0.3 is 10.0 Å². The van der Waals surface area contributed by atoms with Crippen LogP contribution in [-0.2, 0) is 16.0 Å². The van der Waals surface area contributed by atoms with E-state index in [0.29, 0.717) is 13.0 Å². The Bertz CT molecular complexity index is 594. The van der Waals surface area contributed by atoms with Gasteiger partial charge in [-0.15, -0.1) is 0 Å². The zero-order valence-electron chi connectivity index (χ0n) is 13.7. The van der Waals surface area contributed by atoms with Crippen molar-refractivity contribution in [2.24, 2.45) is 5.92 Å². The van der Waals surface area contributed by atoms with E-state index in [1.54, 1.807) is 6.92 Å². The Morgan fingerprint density at radius 3 is 2.70 bits per heavy atom. The standard InChI is InChI=1S/C19H25NO3/c1-13(19(22)23)12-20(16-9-10-16)18(21)11-15-7-4-6-14-5-2-3-8-17(14)15/h2-3,5,8,13,15-16H,4,6-7,9-12H2,1H3,(H,22,23). The Balaban J connectivity index is 1.69. The number of carboxylic acid groups (broad SMARTS) is 1. The van der Waals surface area contributed by atoms with E-state index in [0.717, 1.165) is 32.1 Å². The van der Waals surface area contributed by atoms with Gasteiger partial charge in [-0.25, -0.2) is 0 Å². The van der Waals surface area contributed by atoms with Crippen molar-refractivity contribution < 1.29 is 14.7 Å². The van der Waals surface area contributed by atoms with E-state index in [-0.39, 0.29) is 17.9 Å².